The van der Waals surface area contributed by atoms with Gasteiger partial charge >= 0.3 is 5.97 Å². The molecule has 6 heteroatoms. The Labute approximate surface area is 111 Å². The van der Waals surface area contributed by atoms with Gasteiger partial charge in [0.25, 0.3) is 5.91 Å². The first-order valence-corrected chi connectivity index (χ1v) is 5.97. The third-order valence-electron chi connectivity index (χ3n) is 2.52. The number of hydrogen-bond donors (Lipinski definition) is 2. The van der Waals surface area contributed by atoms with E-state index in [4.69, 9.17) is 9.84 Å². The lowest BCUT2D eigenvalue weighted by molar-refractivity contribution is -0.139. The second-order valence-corrected chi connectivity index (χ2v) is 4.58. The molecule has 1 atom stereocenters. The van der Waals surface area contributed by atoms with E-state index >= 15 is 0 Å². The number of aromatic nitrogens is 1. The van der Waals surface area contributed by atoms with Crippen molar-refractivity contribution >= 4 is 11.9 Å². The van der Waals surface area contributed by atoms with E-state index in [1.54, 1.807) is 6.07 Å². The molecule has 0 spiro atoms. The minimum atomic E-state index is -1.04. The van der Waals surface area contributed by atoms with Crippen LogP contribution in [0.5, 0.6) is 5.88 Å². The highest BCUT2D eigenvalue weighted by molar-refractivity contribution is 5.96. The third kappa shape index (κ3) is 4.57. The van der Waals surface area contributed by atoms with Crippen LogP contribution in [0.2, 0.25) is 0 Å². The molecule has 0 aliphatic rings. The Kier molecular flexibility index (Phi) is 5.29. The van der Waals surface area contributed by atoms with Gasteiger partial charge < -0.3 is 15.2 Å². The number of ether oxygens (including phenoxy) is 1. The highest BCUT2D eigenvalue weighted by Gasteiger charge is 2.21. The summed E-state index contributed by atoms with van der Waals surface area (Å²) in [6, 6.07) is 2.19. The van der Waals surface area contributed by atoms with Gasteiger partial charge in [-0.2, -0.15) is 0 Å². The largest absolute Gasteiger partial charge is 0.481 e. The number of rotatable bonds is 6. The summed E-state index contributed by atoms with van der Waals surface area (Å²) in [4.78, 5) is 26.8. The molecule has 1 heterocycles. The molecule has 0 radical (unpaired) electrons. The molecule has 0 saturated carbocycles. The molecule has 0 aromatic carbocycles. The van der Waals surface area contributed by atoms with E-state index in [-0.39, 0.29) is 5.92 Å². The van der Waals surface area contributed by atoms with E-state index in [1.807, 2.05) is 13.8 Å². The molecule has 0 unspecified atom stereocenters. The fourth-order valence-electron chi connectivity index (χ4n) is 1.57. The molecule has 0 bridgehead atoms. The lowest BCUT2D eigenvalue weighted by Crippen LogP contribution is -2.41. The van der Waals surface area contributed by atoms with E-state index in [0.29, 0.717) is 17.9 Å². The van der Waals surface area contributed by atoms with Gasteiger partial charge in [0.2, 0.25) is 5.88 Å². The normalized spacial score (nSPS) is 12.0. The number of carbonyl (C=O) groups excluding carboxylic acids is 1. The number of amides is 1. The van der Waals surface area contributed by atoms with Gasteiger partial charge in [0.1, 0.15) is 6.04 Å². The van der Waals surface area contributed by atoms with Crippen molar-refractivity contribution in [2.75, 3.05) is 7.11 Å². The number of carboxylic acids is 1. The van der Waals surface area contributed by atoms with Crippen molar-refractivity contribution in [3.8, 4) is 5.88 Å². The highest BCUT2D eigenvalue weighted by atomic mass is 16.5. The molecule has 1 aromatic heterocycles. The Bertz CT molecular complexity index is 442. The van der Waals surface area contributed by atoms with Gasteiger partial charge in [0.15, 0.2) is 0 Å². The lowest BCUT2D eigenvalue weighted by atomic mass is 10.0. The number of aliphatic carboxylic acids is 1. The third-order valence-corrected chi connectivity index (χ3v) is 2.52. The first-order chi connectivity index (χ1) is 8.93. The summed E-state index contributed by atoms with van der Waals surface area (Å²) >= 11 is 0. The van der Waals surface area contributed by atoms with Gasteiger partial charge in [0.05, 0.1) is 12.7 Å². The predicted molar refractivity (Wildman–Crippen MR) is 69.1 cm³/mol. The zero-order valence-corrected chi connectivity index (χ0v) is 11.2. The van der Waals surface area contributed by atoms with Crippen molar-refractivity contribution in [2.24, 2.45) is 5.92 Å². The minimum absolute atomic E-state index is 0.176. The lowest BCUT2D eigenvalue weighted by Gasteiger charge is -2.16. The van der Waals surface area contributed by atoms with Crippen LogP contribution in [0.15, 0.2) is 18.3 Å². The SMILES string of the molecule is COc1ccc(C(=O)N[C@H](CC(C)C)C(=O)O)cn1. The van der Waals surface area contributed by atoms with Crippen LogP contribution < -0.4 is 10.1 Å². The Morgan fingerprint density at radius 1 is 1.42 bits per heavy atom. The Hall–Kier alpha value is -2.11. The van der Waals surface area contributed by atoms with Crippen LogP contribution in [0.1, 0.15) is 30.6 Å². The predicted octanol–water partition coefficient (Wildman–Crippen LogP) is 1.32. The van der Waals surface area contributed by atoms with Crippen LogP contribution >= 0.6 is 0 Å². The number of carbonyl (C=O) groups is 2. The van der Waals surface area contributed by atoms with Gasteiger partial charge in [-0.15, -0.1) is 0 Å². The molecule has 0 aliphatic heterocycles. The van der Waals surface area contributed by atoms with E-state index in [1.165, 1.54) is 19.4 Å². The quantitative estimate of drug-likeness (QED) is 0.810. The summed E-state index contributed by atoms with van der Waals surface area (Å²) in [6.07, 6.45) is 1.73. The smallest absolute Gasteiger partial charge is 0.326 e. The average Bonchev–Trinajstić information content (AvgIpc) is 2.37. The molecule has 0 saturated heterocycles. The Morgan fingerprint density at radius 3 is 2.53 bits per heavy atom. The maximum absolute atomic E-state index is 11.9. The number of hydrogen-bond acceptors (Lipinski definition) is 4. The Morgan fingerprint density at radius 2 is 2.11 bits per heavy atom. The van der Waals surface area contributed by atoms with Gasteiger partial charge in [-0.05, 0) is 18.4 Å². The van der Waals surface area contributed by atoms with Crippen LogP contribution in [0, 0.1) is 5.92 Å². The van der Waals surface area contributed by atoms with Crippen molar-refractivity contribution in [3.05, 3.63) is 23.9 Å². The number of pyridine rings is 1. The van der Waals surface area contributed by atoms with Crippen LogP contribution in [-0.4, -0.2) is 35.1 Å². The van der Waals surface area contributed by atoms with Crippen molar-refractivity contribution in [1.82, 2.24) is 10.3 Å². The second kappa shape index (κ2) is 6.72. The van der Waals surface area contributed by atoms with Crippen molar-refractivity contribution in [1.29, 1.82) is 0 Å². The molecule has 0 aliphatic carbocycles. The number of carboxylic acid groups (broad SMARTS) is 1. The van der Waals surface area contributed by atoms with Crippen LogP contribution in [0.4, 0.5) is 0 Å². The van der Waals surface area contributed by atoms with Crippen molar-refractivity contribution < 1.29 is 19.4 Å². The molecular formula is C13H18N2O4. The topological polar surface area (TPSA) is 88.5 Å². The summed E-state index contributed by atoms with van der Waals surface area (Å²) in [5, 5.41) is 11.5. The van der Waals surface area contributed by atoms with Crippen LogP contribution in [0.25, 0.3) is 0 Å². The van der Waals surface area contributed by atoms with Crippen molar-refractivity contribution in [2.45, 2.75) is 26.3 Å². The molecule has 6 nitrogen and oxygen atoms in total. The van der Waals surface area contributed by atoms with Gasteiger partial charge in [-0.25, -0.2) is 9.78 Å². The fourth-order valence-corrected chi connectivity index (χ4v) is 1.57. The highest BCUT2D eigenvalue weighted by Crippen LogP contribution is 2.09. The summed E-state index contributed by atoms with van der Waals surface area (Å²) in [5.41, 5.74) is 0.302. The molecule has 19 heavy (non-hydrogen) atoms. The summed E-state index contributed by atoms with van der Waals surface area (Å²) in [5.74, 6) is -0.921. The van der Waals surface area contributed by atoms with Crippen molar-refractivity contribution in [3.63, 3.8) is 0 Å². The molecule has 1 amide bonds. The standard InChI is InChI=1S/C13H18N2O4/c1-8(2)6-10(13(17)18)15-12(16)9-4-5-11(19-3)14-7-9/h4-5,7-8,10H,6H2,1-3H3,(H,15,16)(H,17,18)/t10-/m1/s1. The zero-order valence-electron chi connectivity index (χ0n) is 11.2. The second-order valence-electron chi connectivity index (χ2n) is 4.58. The van der Waals surface area contributed by atoms with Gasteiger partial charge in [-0.1, -0.05) is 13.8 Å². The molecule has 2 N–H and O–H groups in total. The number of nitrogens with one attached hydrogen (secondary N) is 1. The monoisotopic (exact) mass is 266 g/mol. The Balaban J connectivity index is 2.72. The maximum atomic E-state index is 11.9. The molecule has 1 rings (SSSR count). The average molecular weight is 266 g/mol. The number of nitrogens with zero attached hydrogens (tertiary/aromatic N) is 1. The first kappa shape index (κ1) is 14.9. The molecule has 0 fully saturated rings. The summed E-state index contributed by atoms with van der Waals surface area (Å²) in [7, 11) is 1.48. The van der Waals surface area contributed by atoms with E-state index in [0.717, 1.165) is 0 Å². The summed E-state index contributed by atoms with van der Waals surface area (Å²) < 4.78 is 4.88. The van der Waals surface area contributed by atoms with E-state index < -0.39 is 17.9 Å². The van der Waals surface area contributed by atoms with Crippen LogP contribution in [-0.2, 0) is 4.79 Å². The molecule has 1 aromatic rings. The first-order valence-electron chi connectivity index (χ1n) is 5.97. The zero-order chi connectivity index (χ0) is 14.4. The van der Waals surface area contributed by atoms with Gasteiger partial charge in [-0.3, -0.25) is 4.79 Å². The maximum Gasteiger partial charge on any atom is 0.326 e. The summed E-state index contributed by atoms with van der Waals surface area (Å²) in [6.45, 7) is 3.80. The van der Waals surface area contributed by atoms with Crippen LogP contribution in [0.3, 0.4) is 0 Å². The fraction of sp³-hybridized carbons (Fsp3) is 0.462. The molecule has 104 valence electrons. The van der Waals surface area contributed by atoms with E-state index in [2.05, 4.69) is 10.3 Å². The number of methoxy groups -OCH3 is 1. The van der Waals surface area contributed by atoms with Gasteiger partial charge in [0, 0.05) is 12.3 Å². The van der Waals surface area contributed by atoms with E-state index in [9.17, 15) is 9.59 Å². The molecular weight excluding hydrogens is 248 g/mol. The minimum Gasteiger partial charge on any atom is -0.481 e.